The number of carbonyl (C=O) groups excluding carboxylic acids is 1. The number of nitrogens with zero attached hydrogens (tertiary/aromatic N) is 2. The maximum atomic E-state index is 11.3. The van der Waals surface area contributed by atoms with E-state index in [1.54, 1.807) is 0 Å². The molecule has 4 nitrogen and oxygen atoms in total. The molecular formula is C10H19N3O. The van der Waals surface area contributed by atoms with Crippen molar-refractivity contribution in [3.8, 4) is 6.07 Å². The summed E-state index contributed by atoms with van der Waals surface area (Å²) in [5.41, 5.74) is 0. The minimum Gasteiger partial charge on any atom is -0.355 e. The van der Waals surface area contributed by atoms with Crippen LogP contribution < -0.4 is 5.32 Å². The quantitative estimate of drug-likeness (QED) is 0.634. The van der Waals surface area contributed by atoms with Crippen molar-refractivity contribution in [3.63, 3.8) is 0 Å². The van der Waals surface area contributed by atoms with Crippen LogP contribution in [0.2, 0.25) is 0 Å². The van der Waals surface area contributed by atoms with Gasteiger partial charge in [0.1, 0.15) is 5.92 Å². The van der Waals surface area contributed by atoms with Crippen LogP contribution in [0.3, 0.4) is 0 Å². The molecule has 0 saturated heterocycles. The number of nitrogens with one attached hydrogen (secondary N) is 1. The van der Waals surface area contributed by atoms with Crippen LogP contribution in [0.15, 0.2) is 0 Å². The van der Waals surface area contributed by atoms with Gasteiger partial charge in [-0.3, -0.25) is 4.79 Å². The highest BCUT2D eigenvalue weighted by atomic mass is 16.1. The molecule has 0 rings (SSSR count). The molecule has 0 aromatic rings. The van der Waals surface area contributed by atoms with E-state index in [0.29, 0.717) is 13.0 Å². The third kappa shape index (κ3) is 5.55. The molecule has 14 heavy (non-hydrogen) atoms. The van der Waals surface area contributed by atoms with Gasteiger partial charge in [-0.25, -0.2) is 0 Å². The van der Waals surface area contributed by atoms with Gasteiger partial charge in [0, 0.05) is 6.54 Å². The molecule has 0 spiro atoms. The first kappa shape index (κ1) is 12.9. The second kappa shape index (κ2) is 7.34. The Morgan fingerprint density at radius 3 is 2.64 bits per heavy atom. The van der Waals surface area contributed by atoms with Gasteiger partial charge in [-0.05, 0) is 33.5 Å². The molecule has 1 N–H and O–H groups in total. The highest BCUT2D eigenvalue weighted by Gasteiger charge is 2.13. The van der Waals surface area contributed by atoms with E-state index in [4.69, 9.17) is 5.26 Å². The van der Waals surface area contributed by atoms with E-state index in [9.17, 15) is 4.79 Å². The number of carbonyl (C=O) groups is 1. The van der Waals surface area contributed by atoms with E-state index < -0.39 is 5.92 Å². The lowest BCUT2D eigenvalue weighted by atomic mass is 10.1. The zero-order chi connectivity index (χ0) is 11.0. The van der Waals surface area contributed by atoms with E-state index in [0.717, 1.165) is 13.0 Å². The summed E-state index contributed by atoms with van der Waals surface area (Å²) in [6.45, 7) is 3.44. The van der Waals surface area contributed by atoms with Gasteiger partial charge in [0.2, 0.25) is 5.91 Å². The van der Waals surface area contributed by atoms with Crippen molar-refractivity contribution < 1.29 is 4.79 Å². The molecule has 80 valence electrons. The van der Waals surface area contributed by atoms with Crippen LogP contribution in [0, 0.1) is 17.2 Å². The van der Waals surface area contributed by atoms with Gasteiger partial charge in [-0.1, -0.05) is 6.92 Å². The van der Waals surface area contributed by atoms with E-state index in [1.807, 2.05) is 27.1 Å². The Labute approximate surface area is 85.9 Å². The first-order valence-corrected chi connectivity index (χ1v) is 4.93. The predicted molar refractivity (Wildman–Crippen MR) is 55.6 cm³/mol. The van der Waals surface area contributed by atoms with Crippen LogP contribution in [0.1, 0.15) is 19.8 Å². The number of rotatable bonds is 6. The molecule has 0 aliphatic rings. The molecule has 0 aromatic heterocycles. The van der Waals surface area contributed by atoms with Gasteiger partial charge in [0.05, 0.1) is 6.07 Å². The molecule has 4 heteroatoms. The van der Waals surface area contributed by atoms with E-state index >= 15 is 0 Å². The van der Waals surface area contributed by atoms with E-state index in [2.05, 4.69) is 10.2 Å². The Bertz CT molecular complexity index is 208. The Morgan fingerprint density at radius 1 is 1.57 bits per heavy atom. The summed E-state index contributed by atoms with van der Waals surface area (Å²) in [7, 11) is 3.98. The fourth-order valence-electron chi connectivity index (χ4n) is 1.07. The monoisotopic (exact) mass is 197 g/mol. The molecular weight excluding hydrogens is 178 g/mol. The molecule has 0 fully saturated rings. The van der Waals surface area contributed by atoms with Gasteiger partial charge >= 0.3 is 0 Å². The lowest BCUT2D eigenvalue weighted by Gasteiger charge is -2.11. The number of hydrogen-bond acceptors (Lipinski definition) is 3. The van der Waals surface area contributed by atoms with Crippen molar-refractivity contribution in [2.45, 2.75) is 19.8 Å². The summed E-state index contributed by atoms with van der Waals surface area (Å²) in [4.78, 5) is 13.4. The van der Waals surface area contributed by atoms with Crippen molar-refractivity contribution in [3.05, 3.63) is 0 Å². The maximum Gasteiger partial charge on any atom is 0.237 e. The summed E-state index contributed by atoms with van der Waals surface area (Å²) in [6.07, 6.45) is 1.50. The Morgan fingerprint density at radius 2 is 2.21 bits per heavy atom. The lowest BCUT2D eigenvalue weighted by molar-refractivity contribution is -0.123. The molecule has 0 saturated carbocycles. The summed E-state index contributed by atoms with van der Waals surface area (Å²) >= 11 is 0. The number of hydrogen-bond donors (Lipinski definition) is 1. The molecule has 1 atom stereocenters. The number of nitriles is 1. The Balaban J connectivity index is 3.59. The standard InChI is InChI=1S/C10H19N3O/c1-4-9(8-11)10(14)12-6-5-7-13(2)3/h9H,4-7H2,1-3H3,(H,12,14). The van der Waals surface area contributed by atoms with Gasteiger partial charge in [0.25, 0.3) is 0 Å². The summed E-state index contributed by atoms with van der Waals surface area (Å²) < 4.78 is 0. The highest BCUT2D eigenvalue weighted by Crippen LogP contribution is 1.99. The zero-order valence-corrected chi connectivity index (χ0v) is 9.21. The fraction of sp³-hybridized carbons (Fsp3) is 0.800. The molecule has 0 aromatic carbocycles. The van der Waals surface area contributed by atoms with Crippen molar-refractivity contribution in [1.82, 2.24) is 10.2 Å². The van der Waals surface area contributed by atoms with Crippen molar-refractivity contribution in [1.29, 1.82) is 5.26 Å². The van der Waals surface area contributed by atoms with Crippen LogP contribution in [-0.2, 0) is 4.79 Å². The average molecular weight is 197 g/mol. The van der Waals surface area contributed by atoms with Crippen molar-refractivity contribution >= 4 is 5.91 Å². The average Bonchev–Trinajstić information content (AvgIpc) is 2.14. The highest BCUT2D eigenvalue weighted by molar-refractivity contribution is 5.80. The first-order valence-electron chi connectivity index (χ1n) is 4.93. The number of amides is 1. The van der Waals surface area contributed by atoms with Gasteiger partial charge in [-0.15, -0.1) is 0 Å². The van der Waals surface area contributed by atoms with E-state index in [-0.39, 0.29) is 5.91 Å². The second-order valence-electron chi connectivity index (χ2n) is 3.54. The lowest BCUT2D eigenvalue weighted by Crippen LogP contribution is -2.31. The largest absolute Gasteiger partial charge is 0.355 e. The van der Waals surface area contributed by atoms with Crippen LogP contribution in [0.25, 0.3) is 0 Å². The fourth-order valence-corrected chi connectivity index (χ4v) is 1.07. The second-order valence-corrected chi connectivity index (χ2v) is 3.54. The van der Waals surface area contributed by atoms with Crippen LogP contribution in [0.4, 0.5) is 0 Å². The molecule has 0 bridgehead atoms. The van der Waals surface area contributed by atoms with Gasteiger partial charge in [0.15, 0.2) is 0 Å². The first-order chi connectivity index (χ1) is 6.61. The smallest absolute Gasteiger partial charge is 0.237 e. The van der Waals surface area contributed by atoms with Gasteiger partial charge in [-0.2, -0.15) is 5.26 Å². The molecule has 0 radical (unpaired) electrons. The van der Waals surface area contributed by atoms with Crippen molar-refractivity contribution in [2.24, 2.45) is 5.92 Å². The third-order valence-electron chi connectivity index (χ3n) is 1.96. The minimum atomic E-state index is -0.491. The Hall–Kier alpha value is -1.08. The summed E-state index contributed by atoms with van der Waals surface area (Å²) in [5.74, 6) is -0.636. The molecule has 1 amide bonds. The minimum absolute atomic E-state index is 0.145. The van der Waals surface area contributed by atoms with Crippen molar-refractivity contribution in [2.75, 3.05) is 27.2 Å². The molecule has 0 aliphatic carbocycles. The van der Waals surface area contributed by atoms with Gasteiger partial charge < -0.3 is 10.2 Å². The van der Waals surface area contributed by atoms with Crippen LogP contribution >= 0.6 is 0 Å². The Kier molecular flexibility index (Phi) is 6.77. The van der Waals surface area contributed by atoms with E-state index in [1.165, 1.54) is 0 Å². The predicted octanol–water partition coefficient (Wildman–Crippen LogP) is 0.604. The summed E-state index contributed by atoms with van der Waals surface area (Å²) in [6, 6.07) is 1.98. The third-order valence-corrected chi connectivity index (χ3v) is 1.96. The van der Waals surface area contributed by atoms with Crippen LogP contribution in [0.5, 0.6) is 0 Å². The zero-order valence-electron chi connectivity index (χ0n) is 9.21. The normalized spacial score (nSPS) is 12.2. The molecule has 0 aliphatic heterocycles. The summed E-state index contributed by atoms with van der Waals surface area (Å²) in [5, 5.41) is 11.4. The molecule has 1 unspecified atom stereocenters. The van der Waals surface area contributed by atoms with Crippen LogP contribution in [-0.4, -0.2) is 38.0 Å². The molecule has 0 heterocycles. The topological polar surface area (TPSA) is 56.1 Å². The SMILES string of the molecule is CCC(C#N)C(=O)NCCCN(C)C. The maximum absolute atomic E-state index is 11.3.